The van der Waals surface area contributed by atoms with Crippen LogP contribution in [0.2, 0.25) is 0 Å². The molecule has 0 aromatic carbocycles. The van der Waals surface area contributed by atoms with E-state index in [-0.39, 0.29) is 0 Å². The third-order valence-corrected chi connectivity index (χ3v) is 13.8. The van der Waals surface area contributed by atoms with Gasteiger partial charge in [0.05, 0.1) is 0 Å². The van der Waals surface area contributed by atoms with Crippen LogP contribution in [0, 0.1) is 0 Å². The van der Waals surface area contributed by atoms with Gasteiger partial charge in [0.25, 0.3) is 0 Å². The zero-order valence-corrected chi connectivity index (χ0v) is 42.0. The van der Waals surface area contributed by atoms with Crippen LogP contribution in [0.25, 0.3) is 0 Å². The Hall–Kier alpha value is -1.32. The molecule has 0 aromatic heterocycles. The molecule has 368 valence electrons. The Balaban J connectivity index is 3.08. The minimum absolute atomic E-state index is 0.344. The molecule has 0 atom stereocenters. The highest BCUT2D eigenvalue weighted by Gasteiger charge is 2.00. The van der Waals surface area contributed by atoms with E-state index in [9.17, 15) is 9.59 Å². The maximum Gasteiger partial charge on any atom is 0.327 e. The molecule has 0 aliphatic rings. The van der Waals surface area contributed by atoms with Gasteiger partial charge in [-0.05, 0) is 19.3 Å². The van der Waals surface area contributed by atoms with Gasteiger partial charge in [-0.15, -0.1) is 0 Å². The average Bonchev–Trinajstić information content (AvgIpc) is 3.26. The number of allylic oxidation sites excluding steroid dienone is 1. The van der Waals surface area contributed by atoms with Crippen molar-refractivity contribution >= 4 is 11.9 Å². The minimum atomic E-state index is -0.829. The molecule has 0 fully saturated rings. The molecule has 0 radical (unpaired) electrons. The highest BCUT2D eigenvalue weighted by Crippen LogP contribution is 2.19. The largest absolute Gasteiger partial charge is 0.481 e. The molecule has 4 nitrogen and oxygen atoms in total. The summed E-state index contributed by atoms with van der Waals surface area (Å²) < 4.78 is 0. The summed E-state index contributed by atoms with van der Waals surface area (Å²) >= 11 is 0. The first-order valence-corrected chi connectivity index (χ1v) is 28.7. The van der Waals surface area contributed by atoms with Gasteiger partial charge in [-0.2, -0.15) is 0 Å². The molecule has 62 heavy (non-hydrogen) atoms. The lowest BCUT2D eigenvalue weighted by molar-refractivity contribution is -0.137. The molecular formula is C58H112O4. The van der Waals surface area contributed by atoms with E-state index in [0.717, 1.165) is 25.7 Å². The van der Waals surface area contributed by atoms with Crippen molar-refractivity contribution in [3.8, 4) is 0 Å². The molecule has 0 saturated heterocycles. The lowest BCUT2D eigenvalue weighted by Crippen LogP contribution is -1.93. The first-order valence-electron chi connectivity index (χ1n) is 28.7. The van der Waals surface area contributed by atoms with Crippen molar-refractivity contribution in [1.29, 1.82) is 0 Å². The van der Waals surface area contributed by atoms with Crippen molar-refractivity contribution in [3.05, 3.63) is 12.2 Å². The van der Waals surface area contributed by atoms with Crippen LogP contribution in [0.5, 0.6) is 0 Å². The van der Waals surface area contributed by atoms with Gasteiger partial charge in [0.15, 0.2) is 0 Å². The highest BCUT2D eigenvalue weighted by atomic mass is 16.4. The fraction of sp³-hybridized carbons (Fsp3) is 0.931. The van der Waals surface area contributed by atoms with Crippen molar-refractivity contribution < 1.29 is 19.8 Å². The summed E-state index contributed by atoms with van der Waals surface area (Å²) in [5.74, 6) is -1.48. The van der Waals surface area contributed by atoms with Crippen LogP contribution in [-0.2, 0) is 9.59 Å². The second kappa shape index (κ2) is 55.8. The Morgan fingerprint density at radius 2 is 0.371 bits per heavy atom. The zero-order chi connectivity index (χ0) is 44.8. The third-order valence-electron chi connectivity index (χ3n) is 13.8. The molecule has 0 amide bonds. The molecule has 4 heteroatoms. The smallest absolute Gasteiger partial charge is 0.327 e. The number of aliphatic carboxylic acids is 2. The van der Waals surface area contributed by atoms with E-state index in [1.807, 2.05) is 0 Å². The second-order valence-corrected chi connectivity index (χ2v) is 20.1. The van der Waals surface area contributed by atoms with Gasteiger partial charge in [0, 0.05) is 12.5 Å². The van der Waals surface area contributed by atoms with Gasteiger partial charge < -0.3 is 10.2 Å². The number of carboxylic acids is 2. The summed E-state index contributed by atoms with van der Waals surface area (Å²) in [6, 6.07) is 0. The minimum Gasteiger partial charge on any atom is -0.481 e. The van der Waals surface area contributed by atoms with Crippen LogP contribution in [-0.4, -0.2) is 22.2 Å². The van der Waals surface area contributed by atoms with Crippen LogP contribution >= 0.6 is 0 Å². The number of rotatable bonds is 56. The topological polar surface area (TPSA) is 74.6 Å². The van der Waals surface area contributed by atoms with Gasteiger partial charge >= 0.3 is 11.9 Å². The molecule has 0 bridgehead atoms. The quantitative estimate of drug-likeness (QED) is 0.0472. The van der Waals surface area contributed by atoms with Crippen molar-refractivity contribution in [3.63, 3.8) is 0 Å². The van der Waals surface area contributed by atoms with Crippen molar-refractivity contribution in [1.82, 2.24) is 0 Å². The first-order chi connectivity index (χ1) is 30.6. The molecule has 0 heterocycles. The highest BCUT2D eigenvalue weighted by molar-refractivity contribution is 5.79. The zero-order valence-electron chi connectivity index (χ0n) is 42.0. The summed E-state index contributed by atoms with van der Waals surface area (Å²) in [6.45, 7) is 0. The molecule has 0 unspecified atom stereocenters. The first kappa shape index (κ1) is 60.7. The van der Waals surface area contributed by atoms with Crippen LogP contribution in [0.1, 0.15) is 347 Å². The Bertz CT molecular complexity index is 883. The van der Waals surface area contributed by atoms with E-state index in [1.165, 1.54) is 321 Å². The molecule has 0 aliphatic carbocycles. The molecule has 0 saturated carbocycles. The van der Waals surface area contributed by atoms with Crippen LogP contribution in [0.3, 0.4) is 0 Å². The van der Waals surface area contributed by atoms with E-state index in [0.29, 0.717) is 6.42 Å². The Morgan fingerprint density at radius 1 is 0.226 bits per heavy atom. The number of carbonyl (C=O) groups is 2. The fourth-order valence-electron chi connectivity index (χ4n) is 9.56. The van der Waals surface area contributed by atoms with Gasteiger partial charge in [-0.3, -0.25) is 4.79 Å². The van der Waals surface area contributed by atoms with Gasteiger partial charge in [0.2, 0.25) is 0 Å². The van der Waals surface area contributed by atoms with E-state index < -0.39 is 11.9 Å². The normalized spacial score (nSPS) is 11.7. The van der Waals surface area contributed by atoms with Crippen LogP contribution in [0.15, 0.2) is 12.2 Å². The van der Waals surface area contributed by atoms with Crippen molar-refractivity contribution in [2.75, 3.05) is 0 Å². The SMILES string of the molecule is O=C(O)C=CCCCCCCCCCCCCCCCCCCCCCCCCCCCCCCCCCCCCCCCCCCCCCCCCCCCCCCC(=O)O. The maximum atomic E-state index is 10.5. The monoisotopic (exact) mass is 873 g/mol. The molecule has 2 N–H and O–H groups in total. The molecule has 0 aliphatic heterocycles. The number of hydrogen-bond acceptors (Lipinski definition) is 2. The summed E-state index contributed by atoms with van der Waals surface area (Å²) in [6.07, 6.45) is 77.6. The number of hydrogen-bond donors (Lipinski definition) is 2. The van der Waals surface area contributed by atoms with Gasteiger partial charge in [-0.25, -0.2) is 4.79 Å². The summed E-state index contributed by atoms with van der Waals surface area (Å²) in [7, 11) is 0. The Kier molecular flexibility index (Phi) is 54.6. The molecular weight excluding hydrogens is 761 g/mol. The standard InChI is InChI=1S/C58H112O4/c59-57(60)55-53-51-49-47-45-43-41-39-37-35-33-31-29-27-25-23-21-19-17-15-13-11-9-7-5-3-1-2-4-6-8-10-12-14-16-18-20-22-24-26-28-30-32-34-36-38-40-42-44-46-48-50-52-54-56-58(61)62/h53,55H,1-52,54,56H2,(H,59,60)(H,61,62). The predicted molar refractivity (Wildman–Crippen MR) is 274 cm³/mol. The van der Waals surface area contributed by atoms with Crippen molar-refractivity contribution in [2.45, 2.75) is 347 Å². The lowest BCUT2D eigenvalue weighted by atomic mass is 10.0. The summed E-state index contributed by atoms with van der Waals surface area (Å²) in [5, 5.41) is 17.3. The number of unbranched alkanes of at least 4 members (excludes halogenated alkanes) is 52. The number of carboxylic acid groups (broad SMARTS) is 2. The predicted octanol–water partition coefficient (Wildman–Crippen LogP) is 20.8. The third kappa shape index (κ3) is 58.7. The van der Waals surface area contributed by atoms with Gasteiger partial charge in [0.1, 0.15) is 0 Å². The summed E-state index contributed by atoms with van der Waals surface area (Å²) in [4.78, 5) is 21.0. The molecule has 0 aromatic rings. The molecule has 0 rings (SSSR count). The van der Waals surface area contributed by atoms with E-state index >= 15 is 0 Å². The van der Waals surface area contributed by atoms with E-state index in [2.05, 4.69) is 0 Å². The van der Waals surface area contributed by atoms with E-state index in [1.54, 1.807) is 6.08 Å². The summed E-state index contributed by atoms with van der Waals surface area (Å²) in [5.41, 5.74) is 0. The van der Waals surface area contributed by atoms with Gasteiger partial charge in [-0.1, -0.05) is 327 Å². The van der Waals surface area contributed by atoms with Crippen LogP contribution < -0.4 is 0 Å². The van der Waals surface area contributed by atoms with E-state index in [4.69, 9.17) is 10.2 Å². The molecule has 0 spiro atoms. The fourth-order valence-corrected chi connectivity index (χ4v) is 9.56. The van der Waals surface area contributed by atoms with Crippen molar-refractivity contribution in [2.24, 2.45) is 0 Å². The Labute approximate surface area is 389 Å². The lowest BCUT2D eigenvalue weighted by Gasteiger charge is -2.05. The second-order valence-electron chi connectivity index (χ2n) is 20.1. The Morgan fingerprint density at radius 3 is 0.516 bits per heavy atom. The van der Waals surface area contributed by atoms with Crippen LogP contribution in [0.4, 0.5) is 0 Å². The maximum absolute atomic E-state index is 10.5. The average molecular weight is 874 g/mol.